The van der Waals surface area contributed by atoms with Crippen molar-refractivity contribution in [1.82, 2.24) is 20.0 Å². The van der Waals surface area contributed by atoms with E-state index in [1.807, 2.05) is 0 Å². The van der Waals surface area contributed by atoms with Gasteiger partial charge in [0.15, 0.2) is 5.82 Å². The maximum Gasteiger partial charge on any atom is 0.273 e. The molecular weight excluding hydrogens is 334 g/mol. The summed E-state index contributed by atoms with van der Waals surface area (Å²) >= 11 is 6.05. The van der Waals surface area contributed by atoms with Gasteiger partial charge in [-0.15, -0.1) is 0 Å². The predicted molar refractivity (Wildman–Crippen MR) is 89.9 cm³/mol. The van der Waals surface area contributed by atoms with E-state index in [-0.39, 0.29) is 35.0 Å². The number of likely N-dealkylation sites (tertiary alicyclic amines) is 1. The van der Waals surface area contributed by atoms with Crippen LogP contribution in [-0.4, -0.2) is 83.6 Å². The summed E-state index contributed by atoms with van der Waals surface area (Å²) in [7, 11) is 0. The molecule has 2 atom stereocenters. The number of nitrogen functional groups attached to an aromatic ring is 1. The Bertz CT molecular complexity index is 575. The summed E-state index contributed by atoms with van der Waals surface area (Å²) in [6.45, 7) is 5.47. The number of halogens is 1. The van der Waals surface area contributed by atoms with E-state index in [9.17, 15) is 9.90 Å². The summed E-state index contributed by atoms with van der Waals surface area (Å²) in [5, 5.41) is 16.2. The van der Waals surface area contributed by atoms with Gasteiger partial charge < -0.3 is 20.5 Å². The Morgan fingerprint density at radius 1 is 1.38 bits per heavy atom. The molecule has 0 radical (unpaired) electrons. The minimum absolute atomic E-state index is 0.0717. The minimum Gasteiger partial charge on any atom is -0.396 e. The summed E-state index contributed by atoms with van der Waals surface area (Å²) in [6, 6.07) is 0. The van der Waals surface area contributed by atoms with Gasteiger partial charge in [-0.05, 0) is 18.3 Å². The number of piperidine rings is 1. The third kappa shape index (κ3) is 3.83. The first-order valence-electron chi connectivity index (χ1n) is 8.28. The van der Waals surface area contributed by atoms with Crippen LogP contribution in [0.5, 0.6) is 0 Å². The topological polar surface area (TPSA) is 108 Å². The Labute approximate surface area is 145 Å². The van der Waals surface area contributed by atoms with E-state index < -0.39 is 0 Å². The van der Waals surface area contributed by atoms with E-state index in [4.69, 9.17) is 22.1 Å². The lowest BCUT2D eigenvalue weighted by Crippen LogP contribution is -2.49. The Kier molecular flexibility index (Phi) is 5.60. The molecule has 0 unspecified atom stereocenters. The molecule has 2 aliphatic rings. The Hall–Kier alpha value is -1.35. The van der Waals surface area contributed by atoms with Gasteiger partial charge in [-0.25, -0.2) is 0 Å². The number of carbonyl (C=O) groups is 1. The van der Waals surface area contributed by atoms with E-state index >= 15 is 0 Å². The SMILES string of the molecule is Nc1n[nH]c(C(=O)N2C[C@@H](CO)C[C@@H](CN3CCOCC3)C2)c1Cl. The first kappa shape index (κ1) is 17.5. The van der Waals surface area contributed by atoms with Crippen molar-refractivity contribution >= 4 is 23.3 Å². The molecule has 0 aromatic carbocycles. The van der Waals surface area contributed by atoms with Gasteiger partial charge in [-0.2, -0.15) is 5.10 Å². The minimum atomic E-state index is -0.214. The molecule has 2 saturated heterocycles. The van der Waals surface area contributed by atoms with Gasteiger partial charge in [-0.1, -0.05) is 11.6 Å². The maximum absolute atomic E-state index is 12.7. The number of morpholine rings is 1. The van der Waals surface area contributed by atoms with Crippen LogP contribution in [0.25, 0.3) is 0 Å². The van der Waals surface area contributed by atoms with Crippen molar-refractivity contribution in [1.29, 1.82) is 0 Å². The van der Waals surface area contributed by atoms with E-state index in [2.05, 4.69) is 15.1 Å². The number of ether oxygens (including phenoxy) is 1. The number of hydrogen-bond acceptors (Lipinski definition) is 6. The Morgan fingerprint density at radius 2 is 2.08 bits per heavy atom. The van der Waals surface area contributed by atoms with Crippen molar-refractivity contribution in [3.8, 4) is 0 Å². The number of aromatic amines is 1. The largest absolute Gasteiger partial charge is 0.396 e. The second-order valence-corrected chi connectivity index (χ2v) is 6.95. The van der Waals surface area contributed by atoms with Gasteiger partial charge in [0.2, 0.25) is 0 Å². The van der Waals surface area contributed by atoms with Crippen LogP contribution in [0, 0.1) is 11.8 Å². The lowest BCUT2D eigenvalue weighted by molar-refractivity contribution is 0.0129. The van der Waals surface area contributed by atoms with E-state index in [0.717, 1.165) is 39.3 Å². The number of rotatable bonds is 4. The highest BCUT2D eigenvalue weighted by atomic mass is 35.5. The molecule has 2 aliphatic heterocycles. The molecule has 0 spiro atoms. The molecule has 2 fully saturated rings. The van der Waals surface area contributed by atoms with Crippen molar-refractivity contribution in [2.24, 2.45) is 11.8 Å². The second-order valence-electron chi connectivity index (χ2n) is 6.57. The number of anilines is 1. The number of nitrogens with zero attached hydrogens (tertiary/aromatic N) is 3. The summed E-state index contributed by atoms with van der Waals surface area (Å²) in [6.07, 6.45) is 0.913. The number of H-pyrrole nitrogens is 1. The smallest absolute Gasteiger partial charge is 0.273 e. The molecule has 9 heteroatoms. The van der Waals surface area contributed by atoms with Crippen LogP contribution in [0.3, 0.4) is 0 Å². The highest BCUT2D eigenvalue weighted by Gasteiger charge is 2.33. The highest BCUT2D eigenvalue weighted by molar-refractivity contribution is 6.35. The lowest BCUT2D eigenvalue weighted by Gasteiger charge is -2.39. The molecular formula is C15H24ClN5O3. The first-order valence-corrected chi connectivity index (χ1v) is 8.65. The third-order valence-electron chi connectivity index (χ3n) is 4.74. The summed E-state index contributed by atoms with van der Waals surface area (Å²) < 4.78 is 5.38. The number of aliphatic hydroxyl groups excluding tert-OH is 1. The molecule has 24 heavy (non-hydrogen) atoms. The van der Waals surface area contributed by atoms with Crippen molar-refractivity contribution in [2.45, 2.75) is 6.42 Å². The first-order chi connectivity index (χ1) is 11.6. The summed E-state index contributed by atoms with van der Waals surface area (Å²) in [5.74, 6) is 0.305. The van der Waals surface area contributed by atoms with E-state index in [1.54, 1.807) is 4.90 Å². The normalized spacial score (nSPS) is 25.8. The van der Waals surface area contributed by atoms with Gasteiger partial charge in [0.05, 0.1) is 13.2 Å². The Morgan fingerprint density at radius 3 is 2.71 bits per heavy atom. The monoisotopic (exact) mass is 357 g/mol. The molecule has 8 nitrogen and oxygen atoms in total. The number of carbonyl (C=O) groups excluding carboxylic acids is 1. The number of aromatic nitrogens is 2. The fraction of sp³-hybridized carbons (Fsp3) is 0.733. The number of hydrogen-bond donors (Lipinski definition) is 3. The highest BCUT2D eigenvalue weighted by Crippen LogP contribution is 2.27. The van der Waals surface area contributed by atoms with Crippen molar-refractivity contribution in [3.05, 3.63) is 10.7 Å². The quantitative estimate of drug-likeness (QED) is 0.702. The van der Waals surface area contributed by atoms with Crippen molar-refractivity contribution in [2.75, 3.05) is 58.3 Å². The maximum atomic E-state index is 12.7. The molecule has 0 bridgehead atoms. The van der Waals surface area contributed by atoms with Crippen LogP contribution in [0.1, 0.15) is 16.9 Å². The fourth-order valence-electron chi connectivity index (χ4n) is 3.54. The molecule has 3 heterocycles. The number of nitrogens with one attached hydrogen (secondary N) is 1. The van der Waals surface area contributed by atoms with Crippen LogP contribution >= 0.6 is 11.6 Å². The molecule has 0 aliphatic carbocycles. The average Bonchev–Trinajstić information content (AvgIpc) is 2.94. The Balaban J connectivity index is 1.68. The second kappa shape index (κ2) is 7.69. The number of aliphatic hydroxyl groups is 1. The van der Waals surface area contributed by atoms with Crippen LogP contribution < -0.4 is 5.73 Å². The zero-order valence-corrected chi connectivity index (χ0v) is 14.3. The van der Waals surface area contributed by atoms with Crippen molar-refractivity contribution < 1.29 is 14.6 Å². The molecule has 0 saturated carbocycles. The molecule has 1 aromatic heterocycles. The summed E-state index contributed by atoms with van der Waals surface area (Å²) in [4.78, 5) is 16.8. The molecule has 1 amide bonds. The van der Waals surface area contributed by atoms with Gasteiger partial charge >= 0.3 is 0 Å². The zero-order chi connectivity index (χ0) is 17.1. The molecule has 134 valence electrons. The van der Waals surface area contributed by atoms with E-state index in [1.165, 1.54) is 0 Å². The van der Waals surface area contributed by atoms with Gasteiger partial charge in [-0.3, -0.25) is 14.8 Å². The van der Waals surface area contributed by atoms with Gasteiger partial charge in [0.1, 0.15) is 10.7 Å². The van der Waals surface area contributed by atoms with Gasteiger partial charge in [0, 0.05) is 39.3 Å². The van der Waals surface area contributed by atoms with Gasteiger partial charge in [0.25, 0.3) is 5.91 Å². The average molecular weight is 358 g/mol. The van der Waals surface area contributed by atoms with Crippen LogP contribution in [-0.2, 0) is 4.74 Å². The third-order valence-corrected chi connectivity index (χ3v) is 5.12. The summed E-state index contributed by atoms with van der Waals surface area (Å²) in [5.41, 5.74) is 5.83. The predicted octanol–water partition coefficient (Wildman–Crippen LogP) is 0.0481. The standard InChI is InChI=1S/C15H24ClN5O3/c16-12-13(18-19-14(12)17)15(23)21-7-10(5-11(8-21)9-22)6-20-1-3-24-4-2-20/h10-11,22H,1-9H2,(H3,17,18,19)/t10-,11-/m0/s1. The zero-order valence-electron chi connectivity index (χ0n) is 13.6. The number of nitrogens with two attached hydrogens (primary N) is 1. The fourth-order valence-corrected chi connectivity index (χ4v) is 3.71. The molecule has 1 aromatic rings. The van der Waals surface area contributed by atoms with Crippen LogP contribution in [0.2, 0.25) is 5.02 Å². The number of amides is 1. The van der Waals surface area contributed by atoms with Crippen LogP contribution in [0.4, 0.5) is 5.82 Å². The molecule has 4 N–H and O–H groups in total. The van der Waals surface area contributed by atoms with E-state index in [0.29, 0.717) is 19.0 Å². The van der Waals surface area contributed by atoms with Crippen molar-refractivity contribution in [3.63, 3.8) is 0 Å². The van der Waals surface area contributed by atoms with Crippen LogP contribution in [0.15, 0.2) is 0 Å². The lowest BCUT2D eigenvalue weighted by atomic mass is 9.89. The molecule has 3 rings (SSSR count).